The van der Waals surface area contributed by atoms with Gasteiger partial charge in [-0.25, -0.2) is 15.0 Å². The SMILES string of the molecule is c1ccc(-c2nc(-c3ccccc3)nc(-c3cc(-c4c(-c5ccccc5)cccc4-c4ccccc4)cnc3-c3ccc4c(c3)sc3ccc5c6ccccc6n(-c6ccccc6)c5c34)n2)cc1. The van der Waals surface area contributed by atoms with E-state index >= 15 is 0 Å². The highest BCUT2D eigenvalue weighted by atomic mass is 32.1. The number of para-hydroxylation sites is 2. The van der Waals surface area contributed by atoms with Gasteiger partial charge in [0.2, 0.25) is 0 Å². The van der Waals surface area contributed by atoms with Gasteiger partial charge in [-0.15, -0.1) is 11.3 Å². The summed E-state index contributed by atoms with van der Waals surface area (Å²) in [5.74, 6) is 1.74. The number of fused-ring (bicyclic) bond motifs is 7. The van der Waals surface area contributed by atoms with Crippen molar-refractivity contribution in [1.29, 1.82) is 0 Å². The van der Waals surface area contributed by atoms with Crippen molar-refractivity contribution >= 4 is 53.3 Å². The lowest BCUT2D eigenvalue weighted by Crippen LogP contribution is -2.02. The van der Waals surface area contributed by atoms with Gasteiger partial charge in [-0.2, -0.15) is 0 Å². The van der Waals surface area contributed by atoms with Crippen LogP contribution in [0.5, 0.6) is 0 Å². The summed E-state index contributed by atoms with van der Waals surface area (Å²) in [6, 6.07) is 81.2. The molecule has 4 aromatic heterocycles. The first kappa shape index (κ1) is 39.5. The smallest absolute Gasteiger partial charge is 0.166 e. The molecule has 68 heavy (non-hydrogen) atoms. The van der Waals surface area contributed by atoms with Gasteiger partial charge < -0.3 is 4.57 Å². The molecule has 0 spiro atoms. The summed E-state index contributed by atoms with van der Waals surface area (Å²) in [5.41, 5.74) is 14.5. The van der Waals surface area contributed by atoms with Crippen molar-refractivity contribution in [1.82, 2.24) is 24.5 Å². The molecule has 0 amide bonds. The molecule has 0 saturated carbocycles. The van der Waals surface area contributed by atoms with Crippen molar-refractivity contribution < 1.29 is 0 Å². The van der Waals surface area contributed by atoms with Gasteiger partial charge in [0.15, 0.2) is 17.5 Å². The molecule has 0 saturated heterocycles. The number of aromatic nitrogens is 5. The minimum atomic E-state index is 0.547. The van der Waals surface area contributed by atoms with E-state index in [-0.39, 0.29) is 0 Å². The van der Waals surface area contributed by atoms with Crippen LogP contribution in [0, 0.1) is 0 Å². The molecule has 0 bridgehead atoms. The molecule has 318 valence electrons. The van der Waals surface area contributed by atoms with Crippen molar-refractivity contribution in [2.75, 3.05) is 0 Å². The van der Waals surface area contributed by atoms with Crippen molar-refractivity contribution in [3.8, 4) is 84.5 Å². The maximum Gasteiger partial charge on any atom is 0.166 e. The van der Waals surface area contributed by atoms with E-state index in [9.17, 15) is 0 Å². The maximum atomic E-state index is 5.47. The second kappa shape index (κ2) is 16.5. The average molecular weight is 886 g/mol. The van der Waals surface area contributed by atoms with E-state index in [0.717, 1.165) is 67.0 Å². The number of rotatable bonds is 8. The van der Waals surface area contributed by atoms with E-state index in [1.807, 2.05) is 53.9 Å². The zero-order valence-electron chi connectivity index (χ0n) is 36.7. The van der Waals surface area contributed by atoms with Crippen molar-refractivity contribution in [3.05, 3.63) is 237 Å². The molecule has 0 radical (unpaired) electrons. The highest BCUT2D eigenvalue weighted by molar-refractivity contribution is 7.26. The summed E-state index contributed by atoms with van der Waals surface area (Å²) in [7, 11) is 0. The predicted molar refractivity (Wildman–Crippen MR) is 283 cm³/mol. The molecule has 0 aliphatic carbocycles. The molecule has 0 unspecified atom stereocenters. The Bertz CT molecular complexity index is 3880. The van der Waals surface area contributed by atoms with Gasteiger partial charge >= 0.3 is 0 Å². The molecule has 9 aromatic carbocycles. The lowest BCUT2D eigenvalue weighted by molar-refractivity contribution is 1.07. The van der Waals surface area contributed by atoms with Crippen LogP contribution in [0.25, 0.3) is 126 Å². The van der Waals surface area contributed by atoms with E-state index in [0.29, 0.717) is 17.5 Å². The van der Waals surface area contributed by atoms with Crippen LogP contribution in [-0.4, -0.2) is 24.5 Å². The molecule has 6 heteroatoms. The fraction of sp³-hybridized carbons (Fsp3) is 0. The fourth-order valence-corrected chi connectivity index (χ4v) is 11.0. The van der Waals surface area contributed by atoms with Gasteiger partial charge in [-0.05, 0) is 64.2 Å². The second-order valence-corrected chi connectivity index (χ2v) is 18.0. The number of nitrogens with zero attached hydrogens (tertiary/aromatic N) is 5. The first-order valence-corrected chi connectivity index (χ1v) is 23.6. The molecule has 5 nitrogen and oxygen atoms in total. The van der Waals surface area contributed by atoms with E-state index in [2.05, 4.69) is 199 Å². The molecular formula is C62H39N5S. The van der Waals surface area contributed by atoms with Crippen LogP contribution < -0.4 is 0 Å². The van der Waals surface area contributed by atoms with Gasteiger partial charge in [0.05, 0.1) is 16.7 Å². The minimum Gasteiger partial charge on any atom is -0.309 e. The largest absolute Gasteiger partial charge is 0.309 e. The van der Waals surface area contributed by atoms with E-state index in [1.54, 1.807) is 0 Å². The third-order valence-corrected chi connectivity index (χ3v) is 14.0. The van der Waals surface area contributed by atoms with Crippen LogP contribution in [0.1, 0.15) is 0 Å². The Morgan fingerprint density at radius 3 is 1.53 bits per heavy atom. The van der Waals surface area contributed by atoms with Crippen LogP contribution in [0.4, 0.5) is 0 Å². The molecular weight excluding hydrogens is 847 g/mol. The first-order valence-electron chi connectivity index (χ1n) is 22.8. The molecule has 0 aliphatic rings. The lowest BCUT2D eigenvalue weighted by atomic mass is 9.87. The number of benzene rings is 9. The molecule has 4 heterocycles. The zero-order chi connectivity index (χ0) is 45.0. The van der Waals surface area contributed by atoms with Crippen LogP contribution >= 0.6 is 11.3 Å². The number of pyridine rings is 1. The topological polar surface area (TPSA) is 56.5 Å². The van der Waals surface area contributed by atoms with Crippen LogP contribution in [-0.2, 0) is 0 Å². The van der Waals surface area contributed by atoms with Crippen LogP contribution in [0.3, 0.4) is 0 Å². The van der Waals surface area contributed by atoms with Gasteiger partial charge in [0.1, 0.15) is 0 Å². The third-order valence-electron chi connectivity index (χ3n) is 12.9. The molecule has 13 rings (SSSR count). The number of thiophene rings is 1. The van der Waals surface area contributed by atoms with E-state index in [4.69, 9.17) is 19.9 Å². The number of hydrogen-bond donors (Lipinski definition) is 0. The highest BCUT2D eigenvalue weighted by Crippen LogP contribution is 2.46. The standard InChI is InChI=1S/C62H39N5S/c1-6-19-40(20-7-1)47-30-18-31-48(41-21-8-2-9-22-41)56(47)45-37-52(62-65-60(42-23-10-3-11-24-42)64-61(66-62)43-25-12-4-13-26-43)58(63-39-45)44-33-34-51-55(38-44)68-54-36-35-50-49-29-16-17-32-53(49)67(59(50)57(51)54)46-27-14-5-15-28-46/h1-39H. The van der Waals surface area contributed by atoms with Gasteiger partial charge in [-0.3, -0.25) is 4.98 Å². The molecule has 0 N–H and O–H groups in total. The second-order valence-electron chi connectivity index (χ2n) is 17.0. The normalized spacial score (nSPS) is 11.5. The Morgan fingerprint density at radius 1 is 0.353 bits per heavy atom. The van der Waals surface area contributed by atoms with Crippen LogP contribution in [0.2, 0.25) is 0 Å². The summed E-state index contributed by atoms with van der Waals surface area (Å²) in [5, 5.41) is 4.94. The molecule has 0 atom stereocenters. The average Bonchev–Trinajstić information content (AvgIpc) is 3.97. The predicted octanol–water partition coefficient (Wildman–Crippen LogP) is 16.4. The van der Waals surface area contributed by atoms with E-state index < -0.39 is 0 Å². The van der Waals surface area contributed by atoms with Crippen molar-refractivity contribution in [2.24, 2.45) is 0 Å². The fourth-order valence-electron chi connectivity index (χ4n) is 9.82. The van der Waals surface area contributed by atoms with Crippen molar-refractivity contribution in [2.45, 2.75) is 0 Å². The van der Waals surface area contributed by atoms with Crippen LogP contribution in [0.15, 0.2) is 237 Å². The summed E-state index contributed by atoms with van der Waals surface area (Å²) < 4.78 is 4.84. The Kier molecular flexibility index (Phi) is 9.62. The Morgan fingerprint density at radius 2 is 0.897 bits per heavy atom. The molecule has 13 aromatic rings. The molecule has 0 fully saturated rings. The monoisotopic (exact) mass is 885 g/mol. The highest BCUT2D eigenvalue weighted by Gasteiger charge is 2.23. The summed E-state index contributed by atoms with van der Waals surface area (Å²) in [6.07, 6.45) is 2.03. The zero-order valence-corrected chi connectivity index (χ0v) is 37.5. The van der Waals surface area contributed by atoms with Gasteiger partial charge in [0, 0.05) is 70.6 Å². The Hall–Kier alpha value is -8.84. The minimum absolute atomic E-state index is 0.547. The van der Waals surface area contributed by atoms with Gasteiger partial charge in [-0.1, -0.05) is 194 Å². The number of hydrogen-bond acceptors (Lipinski definition) is 5. The summed E-state index contributed by atoms with van der Waals surface area (Å²) in [6.45, 7) is 0. The third kappa shape index (κ3) is 6.77. The Balaban J connectivity index is 1.08. The quantitative estimate of drug-likeness (QED) is 0.153. The summed E-state index contributed by atoms with van der Waals surface area (Å²) in [4.78, 5) is 21.2. The lowest BCUT2D eigenvalue weighted by Gasteiger charge is -2.18. The molecule has 0 aliphatic heterocycles. The van der Waals surface area contributed by atoms with Gasteiger partial charge in [0.25, 0.3) is 0 Å². The summed E-state index contributed by atoms with van der Waals surface area (Å²) >= 11 is 1.82. The maximum absolute atomic E-state index is 5.47. The van der Waals surface area contributed by atoms with E-state index in [1.165, 1.54) is 42.0 Å². The Labute approximate surface area is 397 Å². The first-order chi connectivity index (χ1) is 33.7. The van der Waals surface area contributed by atoms with Crippen molar-refractivity contribution in [3.63, 3.8) is 0 Å².